The maximum Gasteiger partial charge on any atom is 0.365 e. The molecule has 2 aromatic heterocycles. The number of hydrogen-bond donors (Lipinski definition) is 1. The van der Waals surface area contributed by atoms with Crippen LogP contribution in [-0.4, -0.2) is 37.5 Å². The molecule has 1 N–H and O–H groups in total. The second kappa shape index (κ2) is 8.16. The highest BCUT2D eigenvalue weighted by Crippen LogP contribution is 2.27. The van der Waals surface area contributed by atoms with Crippen molar-refractivity contribution >= 4 is 0 Å². The number of aromatic amines is 1. The fourth-order valence-corrected chi connectivity index (χ4v) is 3.13. The van der Waals surface area contributed by atoms with Gasteiger partial charge in [-0.05, 0) is 65.7 Å². The second-order valence-corrected chi connectivity index (χ2v) is 6.72. The lowest BCUT2D eigenvalue weighted by Crippen LogP contribution is -2.18. The van der Waals surface area contributed by atoms with E-state index in [1.165, 1.54) is 4.68 Å². The molecule has 0 unspecified atom stereocenters. The van der Waals surface area contributed by atoms with Crippen molar-refractivity contribution in [1.82, 2.24) is 30.4 Å². The molecule has 0 bridgehead atoms. The van der Waals surface area contributed by atoms with Crippen LogP contribution in [0.1, 0.15) is 16.7 Å². The molecular formula is C21H20N6O3. The molecule has 0 aliphatic heterocycles. The topological polar surface area (TPSA) is 108 Å². The van der Waals surface area contributed by atoms with Crippen molar-refractivity contribution in [3.63, 3.8) is 0 Å². The van der Waals surface area contributed by atoms with E-state index >= 15 is 0 Å². The molecule has 9 nitrogen and oxygen atoms in total. The van der Waals surface area contributed by atoms with Crippen LogP contribution in [0.2, 0.25) is 0 Å². The number of aryl methyl sites for hydroxylation is 2. The first-order chi connectivity index (χ1) is 14.6. The average molecular weight is 404 g/mol. The maximum atomic E-state index is 11.9. The van der Waals surface area contributed by atoms with Crippen molar-refractivity contribution in [3.05, 3.63) is 75.7 Å². The zero-order valence-corrected chi connectivity index (χ0v) is 16.8. The van der Waals surface area contributed by atoms with Gasteiger partial charge in [-0.25, -0.2) is 9.89 Å². The SMILES string of the molecule is COc1ccc(-c2ccc(OCc3c(C)cccc3-n3nn[nH]c3=O)c(C)c2)nn1. The summed E-state index contributed by atoms with van der Waals surface area (Å²) in [5, 5.41) is 17.9. The average Bonchev–Trinajstić information content (AvgIpc) is 3.19. The first-order valence-electron chi connectivity index (χ1n) is 9.27. The van der Waals surface area contributed by atoms with Gasteiger partial charge in [-0.3, -0.25) is 0 Å². The molecule has 2 heterocycles. The molecular weight excluding hydrogens is 384 g/mol. The summed E-state index contributed by atoms with van der Waals surface area (Å²) in [4.78, 5) is 11.9. The number of tetrazole rings is 1. The normalized spacial score (nSPS) is 10.8. The van der Waals surface area contributed by atoms with Crippen LogP contribution in [0.4, 0.5) is 0 Å². The minimum atomic E-state index is -0.400. The summed E-state index contributed by atoms with van der Waals surface area (Å²) in [5.74, 6) is 1.21. The number of hydrogen-bond acceptors (Lipinski definition) is 7. The summed E-state index contributed by atoms with van der Waals surface area (Å²) in [6.07, 6.45) is 0. The highest BCUT2D eigenvalue weighted by Gasteiger charge is 2.13. The summed E-state index contributed by atoms with van der Waals surface area (Å²) in [7, 11) is 1.55. The van der Waals surface area contributed by atoms with E-state index in [0.29, 0.717) is 11.6 Å². The fourth-order valence-electron chi connectivity index (χ4n) is 3.13. The van der Waals surface area contributed by atoms with Crippen LogP contribution in [0.3, 0.4) is 0 Å². The van der Waals surface area contributed by atoms with Crippen LogP contribution in [0.5, 0.6) is 11.6 Å². The van der Waals surface area contributed by atoms with Gasteiger partial charge < -0.3 is 9.47 Å². The molecule has 0 fully saturated rings. The number of aromatic nitrogens is 6. The quantitative estimate of drug-likeness (QED) is 0.526. The van der Waals surface area contributed by atoms with Crippen molar-refractivity contribution in [3.8, 4) is 28.6 Å². The lowest BCUT2D eigenvalue weighted by Gasteiger charge is -2.14. The van der Waals surface area contributed by atoms with E-state index in [0.717, 1.165) is 33.7 Å². The summed E-state index contributed by atoms with van der Waals surface area (Å²) in [6.45, 7) is 4.21. The number of rotatable bonds is 6. The van der Waals surface area contributed by atoms with Gasteiger partial charge >= 0.3 is 5.69 Å². The van der Waals surface area contributed by atoms with Crippen LogP contribution in [-0.2, 0) is 6.61 Å². The van der Waals surface area contributed by atoms with Gasteiger partial charge in [0.05, 0.1) is 18.5 Å². The van der Waals surface area contributed by atoms with Crippen LogP contribution >= 0.6 is 0 Å². The number of ether oxygens (including phenoxy) is 2. The van der Waals surface area contributed by atoms with Crippen molar-refractivity contribution < 1.29 is 9.47 Å². The zero-order chi connectivity index (χ0) is 21.1. The van der Waals surface area contributed by atoms with E-state index in [-0.39, 0.29) is 6.61 Å². The highest BCUT2D eigenvalue weighted by atomic mass is 16.5. The highest BCUT2D eigenvalue weighted by molar-refractivity contribution is 5.61. The molecule has 0 saturated carbocycles. The summed E-state index contributed by atoms with van der Waals surface area (Å²) in [6, 6.07) is 15.1. The van der Waals surface area contributed by atoms with Gasteiger partial charge in [0.15, 0.2) is 0 Å². The van der Waals surface area contributed by atoms with Gasteiger partial charge in [0, 0.05) is 17.2 Å². The van der Waals surface area contributed by atoms with Crippen LogP contribution < -0.4 is 15.2 Å². The minimum absolute atomic E-state index is 0.282. The Hall–Kier alpha value is -4.01. The lowest BCUT2D eigenvalue weighted by atomic mass is 10.1. The molecule has 2 aromatic carbocycles. The second-order valence-electron chi connectivity index (χ2n) is 6.72. The molecule has 0 aliphatic carbocycles. The van der Waals surface area contributed by atoms with Crippen molar-refractivity contribution in [2.45, 2.75) is 20.5 Å². The van der Waals surface area contributed by atoms with Gasteiger partial charge in [-0.15, -0.1) is 10.2 Å². The van der Waals surface area contributed by atoms with Crippen LogP contribution in [0.15, 0.2) is 53.3 Å². The molecule has 0 atom stereocenters. The number of nitrogens with zero attached hydrogens (tertiary/aromatic N) is 5. The van der Waals surface area contributed by atoms with Crippen molar-refractivity contribution in [2.75, 3.05) is 7.11 Å². The predicted molar refractivity (Wildman–Crippen MR) is 110 cm³/mol. The standard InChI is InChI=1S/C21H20N6O3/c1-13-5-4-6-18(27-21(28)24-25-26-27)16(13)12-30-19-9-7-15(11-14(19)2)17-8-10-20(29-3)23-22-17/h4-11H,12H2,1-3H3,(H,24,26,28). The molecule has 0 amide bonds. The van der Waals surface area contributed by atoms with Gasteiger partial charge in [-0.2, -0.15) is 4.68 Å². The fraction of sp³-hybridized carbons (Fsp3) is 0.190. The van der Waals surface area contributed by atoms with Crippen molar-refractivity contribution in [1.29, 1.82) is 0 Å². The Labute approximate surface area is 172 Å². The summed E-state index contributed by atoms with van der Waals surface area (Å²) < 4.78 is 12.4. The maximum absolute atomic E-state index is 11.9. The number of nitrogens with one attached hydrogen (secondary N) is 1. The lowest BCUT2D eigenvalue weighted by molar-refractivity contribution is 0.302. The Morgan fingerprint density at radius 2 is 1.90 bits per heavy atom. The van der Waals surface area contributed by atoms with E-state index in [1.807, 2.05) is 56.3 Å². The summed E-state index contributed by atoms with van der Waals surface area (Å²) in [5.41, 5.74) is 4.72. The molecule has 152 valence electrons. The Kier molecular flexibility index (Phi) is 5.25. The first kappa shape index (κ1) is 19.3. The van der Waals surface area contributed by atoms with E-state index in [1.54, 1.807) is 13.2 Å². The Bertz CT molecular complexity index is 1230. The molecule has 30 heavy (non-hydrogen) atoms. The number of H-pyrrole nitrogens is 1. The molecule has 0 radical (unpaired) electrons. The van der Waals surface area contributed by atoms with Gasteiger partial charge in [-0.1, -0.05) is 12.1 Å². The molecule has 4 aromatic rings. The minimum Gasteiger partial charge on any atom is -0.489 e. The largest absolute Gasteiger partial charge is 0.489 e. The molecule has 9 heteroatoms. The number of benzene rings is 2. The monoisotopic (exact) mass is 404 g/mol. The first-order valence-corrected chi connectivity index (χ1v) is 9.27. The van der Waals surface area contributed by atoms with Crippen LogP contribution in [0, 0.1) is 13.8 Å². The third-order valence-corrected chi connectivity index (χ3v) is 4.78. The van der Waals surface area contributed by atoms with Gasteiger partial charge in [0.25, 0.3) is 0 Å². The molecule has 0 saturated heterocycles. The Balaban J connectivity index is 1.58. The van der Waals surface area contributed by atoms with E-state index < -0.39 is 5.69 Å². The predicted octanol–water partition coefficient (Wildman–Crippen LogP) is 2.62. The molecule has 0 aliphatic rings. The van der Waals surface area contributed by atoms with Crippen LogP contribution in [0.25, 0.3) is 16.9 Å². The van der Waals surface area contributed by atoms with Gasteiger partial charge in [0.1, 0.15) is 12.4 Å². The Morgan fingerprint density at radius 3 is 2.57 bits per heavy atom. The zero-order valence-electron chi connectivity index (χ0n) is 16.8. The van der Waals surface area contributed by atoms with E-state index in [9.17, 15) is 4.79 Å². The third kappa shape index (κ3) is 3.77. The van der Waals surface area contributed by atoms with Crippen molar-refractivity contribution in [2.24, 2.45) is 0 Å². The van der Waals surface area contributed by atoms with E-state index in [2.05, 4.69) is 25.7 Å². The molecule has 4 rings (SSSR count). The van der Waals surface area contributed by atoms with Gasteiger partial charge in [0.2, 0.25) is 5.88 Å². The molecule has 0 spiro atoms. The third-order valence-electron chi connectivity index (χ3n) is 4.78. The smallest absolute Gasteiger partial charge is 0.365 e. The Morgan fingerprint density at radius 1 is 1.03 bits per heavy atom. The van der Waals surface area contributed by atoms with E-state index in [4.69, 9.17) is 9.47 Å². The summed E-state index contributed by atoms with van der Waals surface area (Å²) >= 11 is 0. The number of methoxy groups -OCH3 is 1.